The van der Waals surface area contributed by atoms with Crippen LogP contribution in [0.25, 0.3) is 0 Å². The summed E-state index contributed by atoms with van der Waals surface area (Å²) in [5.74, 6) is 0. The van der Waals surface area contributed by atoms with Crippen molar-refractivity contribution in [1.82, 2.24) is 0 Å². The van der Waals surface area contributed by atoms with Gasteiger partial charge in [-0.3, -0.25) is 0 Å². The fraction of sp³-hybridized carbons (Fsp3) is 0.581. The van der Waals surface area contributed by atoms with Gasteiger partial charge in [0.2, 0.25) is 0 Å². The third-order valence-electron chi connectivity index (χ3n) is 7.94. The Labute approximate surface area is 228 Å². The molecule has 0 atom stereocenters. The second-order valence-corrected chi connectivity index (χ2v) is 21.1. The molecule has 0 aromatic heterocycles. The van der Waals surface area contributed by atoms with Crippen LogP contribution < -0.4 is 10.4 Å². The van der Waals surface area contributed by atoms with Gasteiger partial charge in [-0.25, -0.2) is 0 Å². The Kier molecular flexibility index (Phi) is 13.2. The van der Waals surface area contributed by atoms with E-state index in [0.717, 1.165) is 0 Å². The standard InChI is InChI=1S/C31H50Si2.Zr/c1-7-21-32(22-8-2,23-9-3)30-17-13-28(14-18-30)27-29-15-19-31(20-16-29)33(24-10-4,25-11-5)26-12-6;/h13-20H,7-12,21-26H2,1-6H3;/q;+2. The minimum absolute atomic E-state index is 1.33. The Morgan fingerprint density at radius 2 is 0.706 bits per heavy atom. The van der Waals surface area contributed by atoms with E-state index in [1.165, 1.54) is 113 Å². The summed E-state index contributed by atoms with van der Waals surface area (Å²) in [5.41, 5.74) is 2.86. The van der Waals surface area contributed by atoms with Gasteiger partial charge >= 0.3 is 230 Å². The SMILES string of the molecule is CCC[Si](CCC)(CCC)c1ccc([C](=[Zr+2])c2ccc([Si](CCC)(CCC)CCC)cc2)cc1. The van der Waals surface area contributed by atoms with Gasteiger partial charge in [-0.15, -0.1) is 0 Å². The normalized spacial score (nSPS) is 12.2. The monoisotopic (exact) mass is 568 g/mol. The van der Waals surface area contributed by atoms with E-state index in [1.54, 1.807) is 10.4 Å². The van der Waals surface area contributed by atoms with Crippen molar-refractivity contribution in [2.45, 2.75) is 116 Å². The molecule has 0 spiro atoms. The van der Waals surface area contributed by atoms with Crippen LogP contribution in [0, 0.1) is 0 Å². The zero-order valence-corrected chi connectivity index (χ0v) is 27.6. The second-order valence-electron chi connectivity index (χ2n) is 10.6. The van der Waals surface area contributed by atoms with Crippen LogP contribution in [0.4, 0.5) is 0 Å². The molecule has 0 fully saturated rings. The zero-order chi connectivity index (χ0) is 25.0. The molecule has 2 rings (SSSR count). The molecular weight excluding hydrogens is 520 g/mol. The Morgan fingerprint density at radius 3 is 0.912 bits per heavy atom. The molecule has 0 aliphatic heterocycles. The van der Waals surface area contributed by atoms with E-state index >= 15 is 0 Å². The van der Waals surface area contributed by atoms with Gasteiger partial charge in [-0.2, -0.15) is 0 Å². The van der Waals surface area contributed by atoms with Crippen LogP contribution >= 0.6 is 0 Å². The molecule has 0 aliphatic rings. The average Bonchev–Trinajstić information content (AvgIpc) is 2.84. The zero-order valence-electron chi connectivity index (χ0n) is 23.1. The summed E-state index contributed by atoms with van der Waals surface area (Å²) >= 11 is 1.52. The second kappa shape index (κ2) is 15.0. The minimum atomic E-state index is -1.36. The van der Waals surface area contributed by atoms with Crippen molar-refractivity contribution in [1.29, 1.82) is 0 Å². The molecule has 34 heavy (non-hydrogen) atoms. The molecule has 3 heteroatoms. The van der Waals surface area contributed by atoms with Gasteiger partial charge in [0.05, 0.1) is 0 Å². The molecule has 184 valence electrons. The van der Waals surface area contributed by atoms with Crippen LogP contribution in [0.15, 0.2) is 48.5 Å². The molecule has 2 aromatic rings. The van der Waals surface area contributed by atoms with E-state index in [1.807, 2.05) is 0 Å². The number of hydrogen-bond donors (Lipinski definition) is 0. The molecule has 0 amide bonds. The maximum atomic E-state index is 2.52. The van der Waals surface area contributed by atoms with Crippen LogP contribution in [0.5, 0.6) is 0 Å². The van der Waals surface area contributed by atoms with Crippen molar-refractivity contribution in [2.75, 3.05) is 0 Å². The first kappa shape index (κ1) is 29.9. The van der Waals surface area contributed by atoms with E-state index in [2.05, 4.69) is 90.1 Å². The fourth-order valence-electron chi connectivity index (χ4n) is 6.63. The summed E-state index contributed by atoms with van der Waals surface area (Å²) in [5, 5.41) is 3.41. The first-order valence-electron chi connectivity index (χ1n) is 14.3. The van der Waals surface area contributed by atoms with Crippen molar-refractivity contribution in [3.63, 3.8) is 0 Å². The van der Waals surface area contributed by atoms with Gasteiger partial charge in [0.25, 0.3) is 0 Å². The Hall–Kier alpha value is -0.373. The predicted molar refractivity (Wildman–Crippen MR) is 157 cm³/mol. The molecule has 0 bridgehead atoms. The van der Waals surface area contributed by atoms with Crippen LogP contribution in [-0.2, 0) is 24.2 Å². The summed E-state index contributed by atoms with van der Waals surface area (Å²) in [4.78, 5) is 0. The van der Waals surface area contributed by atoms with E-state index in [4.69, 9.17) is 0 Å². The quantitative estimate of drug-likeness (QED) is 0.178. The molecule has 0 saturated heterocycles. The molecule has 0 heterocycles. The van der Waals surface area contributed by atoms with Gasteiger partial charge in [-0.1, -0.05) is 0 Å². The number of hydrogen-bond acceptors (Lipinski definition) is 0. The third kappa shape index (κ3) is 7.33. The van der Waals surface area contributed by atoms with E-state index in [0.29, 0.717) is 0 Å². The van der Waals surface area contributed by atoms with Crippen molar-refractivity contribution >= 4 is 29.7 Å². The van der Waals surface area contributed by atoms with E-state index < -0.39 is 16.1 Å². The summed E-state index contributed by atoms with van der Waals surface area (Å²) in [6.45, 7) is 14.3. The predicted octanol–water partition coefficient (Wildman–Crippen LogP) is 8.57. The Balaban J connectivity index is 2.30. The summed E-state index contributed by atoms with van der Waals surface area (Å²) in [7, 11) is -2.72. The molecule has 0 radical (unpaired) electrons. The molecule has 0 saturated carbocycles. The van der Waals surface area contributed by atoms with Crippen molar-refractivity contribution in [3.8, 4) is 0 Å². The van der Waals surface area contributed by atoms with Gasteiger partial charge in [0, 0.05) is 0 Å². The number of benzene rings is 2. The molecular formula is C31H50Si2Zr+2. The summed E-state index contributed by atoms with van der Waals surface area (Å²) < 4.78 is 1.51. The summed E-state index contributed by atoms with van der Waals surface area (Å²) in [6.07, 6.45) is 7.97. The first-order chi connectivity index (χ1) is 16.5. The van der Waals surface area contributed by atoms with E-state index in [-0.39, 0.29) is 0 Å². The van der Waals surface area contributed by atoms with Gasteiger partial charge < -0.3 is 0 Å². The molecule has 0 N–H and O–H groups in total. The van der Waals surface area contributed by atoms with E-state index in [9.17, 15) is 0 Å². The average molecular weight is 570 g/mol. The van der Waals surface area contributed by atoms with Gasteiger partial charge in [0.1, 0.15) is 0 Å². The van der Waals surface area contributed by atoms with Crippen molar-refractivity contribution in [2.24, 2.45) is 0 Å². The Bertz CT molecular complexity index is 748. The fourth-order valence-corrected chi connectivity index (χ4v) is 18.2. The third-order valence-corrected chi connectivity index (χ3v) is 21.2. The van der Waals surface area contributed by atoms with Crippen LogP contribution in [-0.4, -0.2) is 19.4 Å². The molecule has 0 aliphatic carbocycles. The van der Waals surface area contributed by atoms with Crippen molar-refractivity contribution in [3.05, 3.63) is 59.7 Å². The molecule has 0 nitrogen and oxygen atoms in total. The topological polar surface area (TPSA) is 0 Å². The molecule has 2 aromatic carbocycles. The number of rotatable bonds is 16. The first-order valence-corrected chi connectivity index (χ1v) is 20.7. The van der Waals surface area contributed by atoms with Gasteiger partial charge in [0.15, 0.2) is 0 Å². The van der Waals surface area contributed by atoms with Crippen molar-refractivity contribution < 1.29 is 24.2 Å². The van der Waals surface area contributed by atoms with Crippen LogP contribution in [0.2, 0.25) is 36.3 Å². The maximum absolute atomic E-state index is 2.52. The Morgan fingerprint density at radius 1 is 0.471 bits per heavy atom. The van der Waals surface area contributed by atoms with Crippen LogP contribution in [0.1, 0.15) is 91.2 Å². The van der Waals surface area contributed by atoms with Crippen LogP contribution in [0.3, 0.4) is 0 Å². The summed E-state index contributed by atoms with van der Waals surface area (Å²) in [6, 6.07) is 28.5. The molecule has 0 unspecified atom stereocenters. The van der Waals surface area contributed by atoms with Gasteiger partial charge in [-0.05, 0) is 0 Å².